The normalized spacial score (nSPS) is 10.2. The maximum absolute atomic E-state index is 12.2. The monoisotopic (exact) mass is 368 g/mol. The molecule has 26 heavy (non-hydrogen) atoms. The third-order valence-corrected chi connectivity index (χ3v) is 3.90. The van der Waals surface area contributed by atoms with Crippen LogP contribution < -0.4 is 15.4 Å². The Morgan fingerprint density at radius 1 is 1.04 bits per heavy atom. The smallest absolute Gasteiger partial charge is 0.276 e. The van der Waals surface area contributed by atoms with Gasteiger partial charge < -0.3 is 15.4 Å². The summed E-state index contributed by atoms with van der Waals surface area (Å²) in [6, 6.07) is 17.9. The van der Waals surface area contributed by atoms with Gasteiger partial charge in [0.15, 0.2) is 5.69 Å². The molecular formula is C19H17ClN4O2. The number of carbonyl (C=O) groups excluding carboxylic acids is 1. The second-order valence-electron chi connectivity index (χ2n) is 5.43. The van der Waals surface area contributed by atoms with E-state index in [1.54, 1.807) is 43.5 Å². The first-order valence-corrected chi connectivity index (χ1v) is 8.30. The van der Waals surface area contributed by atoms with Crippen molar-refractivity contribution in [2.24, 2.45) is 0 Å². The van der Waals surface area contributed by atoms with Crippen LogP contribution in [0.4, 0.5) is 11.5 Å². The topological polar surface area (TPSA) is 76.1 Å². The van der Waals surface area contributed by atoms with Gasteiger partial charge in [0, 0.05) is 22.8 Å². The summed E-state index contributed by atoms with van der Waals surface area (Å²) in [6.45, 7) is 0.537. The number of nitrogens with one attached hydrogen (secondary N) is 2. The van der Waals surface area contributed by atoms with E-state index in [9.17, 15) is 4.79 Å². The molecule has 0 bridgehead atoms. The number of halogens is 1. The summed E-state index contributed by atoms with van der Waals surface area (Å²) in [5, 5.41) is 14.5. The molecule has 0 atom stereocenters. The third-order valence-electron chi connectivity index (χ3n) is 3.65. The predicted octanol–water partition coefficient (Wildman–Crippen LogP) is 4.00. The first kappa shape index (κ1) is 17.7. The van der Waals surface area contributed by atoms with Gasteiger partial charge >= 0.3 is 0 Å². The summed E-state index contributed by atoms with van der Waals surface area (Å²) >= 11 is 5.83. The summed E-state index contributed by atoms with van der Waals surface area (Å²) in [5.41, 5.74) is 1.86. The van der Waals surface area contributed by atoms with E-state index in [0.717, 1.165) is 11.3 Å². The van der Waals surface area contributed by atoms with Gasteiger partial charge in [-0.2, -0.15) is 0 Å². The minimum absolute atomic E-state index is 0.225. The van der Waals surface area contributed by atoms with Crippen LogP contribution in [0, 0.1) is 0 Å². The zero-order valence-electron chi connectivity index (χ0n) is 14.1. The molecule has 3 rings (SSSR count). The summed E-state index contributed by atoms with van der Waals surface area (Å²) in [4.78, 5) is 12.2. The average Bonchev–Trinajstić information content (AvgIpc) is 2.68. The SMILES string of the molecule is COc1ccccc1CNc1ccc(C(=O)Nc2ccc(Cl)cc2)nn1. The Balaban J connectivity index is 1.61. The number of benzene rings is 2. The number of hydrogen-bond acceptors (Lipinski definition) is 5. The van der Waals surface area contributed by atoms with Crippen molar-refractivity contribution in [3.05, 3.63) is 76.9 Å². The molecule has 6 nitrogen and oxygen atoms in total. The third kappa shape index (κ3) is 4.49. The summed E-state index contributed by atoms with van der Waals surface area (Å²) < 4.78 is 5.31. The fraction of sp³-hybridized carbons (Fsp3) is 0.105. The van der Waals surface area contributed by atoms with Crippen molar-refractivity contribution < 1.29 is 9.53 Å². The van der Waals surface area contributed by atoms with Gasteiger partial charge in [0.2, 0.25) is 0 Å². The zero-order valence-corrected chi connectivity index (χ0v) is 14.8. The number of para-hydroxylation sites is 1. The lowest BCUT2D eigenvalue weighted by atomic mass is 10.2. The van der Waals surface area contributed by atoms with Gasteiger partial charge in [-0.1, -0.05) is 29.8 Å². The van der Waals surface area contributed by atoms with Gasteiger partial charge in [-0.15, -0.1) is 10.2 Å². The van der Waals surface area contributed by atoms with Gasteiger partial charge in [-0.05, 0) is 42.5 Å². The molecule has 2 aromatic carbocycles. The average molecular weight is 369 g/mol. The molecule has 0 fully saturated rings. The number of ether oxygens (including phenoxy) is 1. The number of aromatic nitrogens is 2. The fourth-order valence-electron chi connectivity index (χ4n) is 2.31. The Hall–Kier alpha value is -3.12. The van der Waals surface area contributed by atoms with E-state index in [0.29, 0.717) is 23.1 Å². The van der Waals surface area contributed by atoms with Gasteiger partial charge in [0.1, 0.15) is 11.6 Å². The highest BCUT2D eigenvalue weighted by molar-refractivity contribution is 6.30. The molecule has 2 N–H and O–H groups in total. The Labute approximate surface area is 156 Å². The minimum Gasteiger partial charge on any atom is -0.496 e. The van der Waals surface area contributed by atoms with Crippen LogP contribution in [0.2, 0.25) is 5.02 Å². The number of amides is 1. The molecule has 0 spiro atoms. The number of carbonyl (C=O) groups is 1. The van der Waals surface area contributed by atoms with Crippen LogP contribution in [0.25, 0.3) is 0 Å². The number of methoxy groups -OCH3 is 1. The van der Waals surface area contributed by atoms with Crippen LogP contribution in [0.5, 0.6) is 5.75 Å². The summed E-state index contributed by atoms with van der Waals surface area (Å²) in [7, 11) is 1.63. The summed E-state index contributed by atoms with van der Waals surface area (Å²) in [6.07, 6.45) is 0. The largest absolute Gasteiger partial charge is 0.496 e. The van der Waals surface area contributed by atoms with Crippen LogP contribution in [0.15, 0.2) is 60.7 Å². The van der Waals surface area contributed by atoms with Crippen molar-refractivity contribution in [1.29, 1.82) is 0 Å². The number of hydrogen-bond donors (Lipinski definition) is 2. The van der Waals surface area contributed by atoms with E-state index >= 15 is 0 Å². The second kappa shape index (κ2) is 8.31. The maximum atomic E-state index is 12.2. The summed E-state index contributed by atoms with van der Waals surface area (Å²) in [5.74, 6) is 1.03. The first-order chi connectivity index (χ1) is 12.7. The van der Waals surface area contributed by atoms with E-state index in [1.165, 1.54) is 0 Å². The molecule has 0 aliphatic carbocycles. The van der Waals surface area contributed by atoms with Crippen LogP contribution in [0.1, 0.15) is 16.1 Å². The number of nitrogens with zero attached hydrogens (tertiary/aromatic N) is 2. The van der Waals surface area contributed by atoms with Gasteiger partial charge in [-0.3, -0.25) is 4.79 Å². The molecule has 1 heterocycles. The molecule has 0 aliphatic rings. The first-order valence-electron chi connectivity index (χ1n) is 7.92. The number of anilines is 2. The van der Waals surface area contributed by atoms with E-state index < -0.39 is 0 Å². The van der Waals surface area contributed by atoms with Crippen molar-refractivity contribution in [3.8, 4) is 5.75 Å². The van der Waals surface area contributed by atoms with Crippen LogP contribution in [0.3, 0.4) is 0 Å². The molecule has 0 unspecified atom stereocenters. The standard InChI is InChI=1S/C19H17ClN4O2/c1-26-17-5-3-2-4-13(17)12-21-18-11-10-16(23-24-18)19(25)22-15-8-6-14(20)7-9-15/h2-11H,12H2,1H3,(H,21,24)(H,22,25). The molecule has 3 aromatic rings. The second-order valence-corrected chi connectivity index (χ2v) is 5.87. The van der Waals surface area contributed by atoms with Crippen LogP contribution in [-0.2, 0) is 6.54 Å². The van der Waals surface area contributed by atoms with Gasteiger partial charge in [0.25, 0.3) is 5.91 Å². The Bertz CT molecular complexity index is 883. The van der Waals surface area contributed by atoms with Crippen molar-refractivity contribution in [2.45, 2.75) is 6.54 Å². The maximum Gasteiger partial charge on any atom is 0.276 e. The Morgan fingerprint density at radius 3 is 2.50 bits per heavy atom. The van der Waals surface area contributed by atoms with E-state index in [4.69, 9.17) is 16.3 Å². The van der Waals surface area contributed by atoms with Crippen LogP contribution in [-0.4, -0.2) is 23.2 Å². The minimum atomic E-state index is -0.337. The quantitative estimate of drug-likeness (QED) is 0.687. The van der Waals surface area contributed by atoms with E-state index in [1.807, 2.05) is 24.3 Å². The number of rotatable bonds is 6. The zero-order chi connectivity index (χ0) is 18.4. The van der Waals surface area contributed by atoms with Crippen molar-refractivity contribution >= 4 is 29.0 Å². The van der Waals surface area contributed by atoms with Crippen molar-refractivity contribution in [2.75, 3.05) is 17.7 Å². The highest BCUT2D eigenvalue weighted by Crippen LogP contribution is 2.18. The molecule has 0 aliphatic heterocycles. The van der Waals surface area contributed by atoms with Crippen LogP contribution >= 0.6 is 11.6 Å². The van der Waals surface area contributed by atoms with E-state index in [-0.39, 0.29) is 11.6 Å². The molecule has 1 aromatic heterocycles. The Morgan fingerprint density at radius 2 is 1.81 bits per heavy atom. The lowest BCUT2D eigenvalue weighted by Gasteiger charge is -2.10. The highest BCUT2D eigenvalue weighted by Gasteiger charge is 2.09. The molecule has 0 radical (unpaired) electrons. The molecule has 7 heteroatoms. The Kier molecular flexibility index (Phi) is 5.66. The molecule has 1 amide bonds. The van der Waals surface area contributed by atoms with E-state index in [2.05, 4.69) is 20.8 Å². The van der Waals surface area contributed by atoms with Gasteiger partial charge in [0.05, 0.1) is 7.11 Å². The van der Waals surface area contributed by atoms with Crippen molar-refractivity contribution in [1.82, 2.24) is 10.2 Å². The fourth-order valence-corrected chi connectivity index (χ4v) is 2.44. The lowest BCUT2D eigenvalue weighted by molar-refractivity contribution is 0.102. The molecule has 132 valence electrons. The molecule has 0 saturated heterocycles. The molecular weight excluding hydrogens is 352 g/mol. The highest BCUT2D eigenvalue weighted by atomic mass is 35.5. The van der Waals surface area contributed by atoms with Gasteiger partial charge in [-0.25, -0.2) is 0 Å². The van der Waals surface area contributed by atoms with Crippen molar-refractivity contribution in [3.63, 3.8) is 0 Å². The predicted molar refractivity (Wildman–Crippen MR) is 102 cm³/mol. The lowest BCUT2D eigenvalue weighted by Crippen LogP contribution is -2.14. The molecule has 0 saturated carbocycles.